The van der Waals surface area contributed by atoms with E-state index in [1.165, 1.54) is 12.1 Å². The molecule has 2 heterocycles. The molecule has 0 atom stereocenters. The van der Waals surface area contributed by atoms with Gasteiger partial charge in [-0.25, -0.2) is 4.98 Å². The molecule has 2 fully saturated rings. The lowest BCUT2D eigenvalue weighted by Gasteiger charge is -2.22. The van der Waals surface area contributed by atoms with E-state index in [1.807, 2.05) is 42.5 Å². The number of aromatic nitrogens is 1. The molecule has 1 aromatic heterocycles. The van der Waals surface area contributed by atoms with Gasteiger partial charge in [-0.1, -0.05) is 18.2 Å². The summed E-state index contributed by atoms with van der Waals surface area (Å²) < 4.78 is 47.1. The van der Waals surface area contributed by atoms with Crippen LogP contribution in [0.15, 0.2) is 72.9 Å². The maximum atomic E-state index is 12.4. The zero-order valence-corrected chi connectivity index (χ0v) is 17.3. The van der Waals surface area contributed by atoms with Gasteiger partial charge in [0.2, 0.25) is 5.88 Å². The predicted octanol–water partition coefficient (Wildman–Crippen LogP) is 5.58. The van der Waals surface area contributed by atoms with E-state index in [0.29, 0.717) is 12.5 Å². The van der Waals surface area contributed by atoms with Crippen molar-refractivity contribution in [1.82, 2.24) is 9.88 Å². The predicted molar refractivity (Wildman–Crippen MR) is 114 cm³/mol. The highest BCUT2D eigenvalue weighted by Crippen LogP contribution is 2.48. The van der Waals surface area contributed by atoms with Gasteiger partial charge >= 0.3 is 6.36 Å². The topological polar surface area (TPSA) is 37.8 Å². The number of hydrogen-bond donors (Lipinski definition) is 0. The van der Waals surface area contributed by atoms with Gasteiger partial charge in [0.25, 0.3) is 0 Å². The third-order valence-corrected chi connectivity index (χ3v) is 5.90. The SMILES string of the molecule is FC(F)(F)Oc1ccc(N2CN(Cc3ccnc(Oc4ccccc4)c3)C3(CC3)C2)cc1. The number of benzene rings is 2. The average molecular weight is 441 g/mol. The molecule has 8 heteroatoms. The number of nitrogens with zero attached hydrogens (tertiary/aromatic N) is 3. The highest BCUT2D eigenvalue weighted by Gasteiger charge is 2.53. The fourth-order valence-corrected chi connectivity index (χ4v) is 4.16. The Balaban J connectivity index is 1.26. The van der Waals surface area contributed by atoms with Crippen molar-refractivity contribution in [1.29, 1.82) is 0 Å². The minimum atomic E-state index is -4.68. The van der Waals surface area contributed by atoms with E-state index in [1.54, 1.807) is 18.3 Å². The molecule has 5 nitrogen and oxygen atoms in total. The smallest absolute Gasteiger partial charge is 0.439 e. The molecule has 166 valence electrons. The van der Waals surface area contributed by atoms with Crippen molar-refractivity contribution in [3.63, 3.8) is 0 Å². The molecular formula is C24H22F3N3O2. The van der Waals surface area contributed by atoms with Gasteiger partial charge < -0.3 is 14.4 Å². The van der Waals surface area contributed by atoms with Gasteiger partial charge in [0.1, 0.15) is 11.5 Å². The van der Waals surface area contributed by atoms with Crippen molar-refractivity contribution in [2.24, 2.45) is 0 Å². The van der Waals surface area contributed by atoms with Crippen LogP contribution in [-0.4, -0.2) is 35.0 Å². The van der Waals surface area contributed by atoms with Crippen LogP contribution < -0.4 is 14.4 Å². The fraction of sp³-hybridized carbons (Fsp3) is 0.292. The zero-order valence-electron chi connectivity index (χ0n) is 17.3. The third kappa shape index (κ3) is 4.65. The summed E-state index contributed by atoms with van der Waals surface area (Å²) in [6.07, 6.45) is -0.716. The van der Waals surface area contributed by atoms with Crippen molar-refractivity contribution in [3.8, 4) is 17.4 Å². The van der Waals surface area contributed by atoms with Gasteiger partial charge in [0.15, 0.2) is 0 Å². The number of ether oxygens (including phenoxy) is 2. The Labute approximate surface area is 184 Å². The lowest BCUT2D eigenvalue weighted by Crippen LogP contribution is -2.32. The Morgan fingerprint density at radius 3 is 2.38 bits per heavy atom. The molecule has 1 aliphatic heterocycles. The minimum Gasteiger partial charge on any atom is -0.439 e. The second kappa shape index (κ2) is 8.02. The molecule has 2 aliphatic rings. The molecule has 0 N–H and O–H groups in total. The number of pyridine rings is 1. The van der Waals surface area contributed by atoms with E-state index < -0.39 is 6.36 Å². The number of alkyl halides is 3. The molecule has 3 aromatic rings. The fourth-order valence-electron chi connectivity index (χ4n) is 4.16. The first-order valence-electron chi connectivity index (χ1n) is 10.4. The number of anilines is 1. The van der Waals surface area contributed by atoms with Crippen LogP contribution in [0.5, 0.6) is 17.4 Å². The van der Waals surface area contributed by atoms with E-state index in [4.69, 9.17) is 4.74 Å². The van der Waals surface area contributed by atoms with Crippen LogP contribution in [0.1, 0.15) is 18.4 Å². The Hall–Kier alpha value is -3.26. The standard InChI is InChI=1S/C24H22F3N3O2/c25-24(26,27)32-21-8-6-19(7-9-21)29-16-23(11-12-23)30(17-29)15-18-10-13-28-22(14-18)31-20-4-2-1-3-5-20/h1-10,13-14H,11-12,15-17H2. The molecule has 5 rings (SSSR count). The van der Waals surface area contributed by atoms with E-state index in [0.717, 1.165) is 42.9 Å². The second-order valence-corrected chi connectivity index (χ2v) is 8.22. The lowest BCUT2D eigenvalue weighted by atomic mass is 10.2. The van der Waals surface area contributed by atoms with Gasteiger partial charge in [-0.3, -0.25) is 4.90 Å². The monoisotopic (exact) mass is 441 g/mol. The van der Waals surface area contributed by atoms with E-state index in [-0.39, 0.29) is 11.3 Å². The number of para-hydroxylation sites is 1. The molecule has 2 aromatic carbocycles. The molecule has 1 aliphatic carbocycles. The molecule has 0 amide bonds. The van der Waals surface area contributed by atoms with E-state index >= 15 is 0 Å². The summed E-state index contributed by atoms with van der Waals surface area (Å²) >= 11 is 0. The van der Waals surface area contributed by atoms with Crippen LogP contribution in [0.25, 0.3) is 0 Å². The van der Waals surface area contributed by atoms with Crippen molar-refractivity contribution in [2.75, 3.05) is 18.1 Å². The Kier molecular flexibility index (Phi) is 5.17. The van der Waals surface area contributed by atoms with Crippen LogP contribution in [-0.2, 0) is 6.54 Å². The second-order valence-electron chi connectivity index (χ2n) is 8.22. The number of rotatable bonds is 6. The highest BCUT2D eigenvalue weighted by molar-refractivity contribution is 5.51. The van der Waals surface area contributed by atoms with Crippen LogP contribution >= 0.6 is 0 Å². The maximum Gasteiger partial charge on any atom is 0.573 e. The molecule has 32 heavy (non-hydrogen) atoms. The lowest BCUT2D eigenvalue weighted by molar-refractivity contribution is -0.274. The van der Waals surface area contributed by atoms with Crippen molar-refractivity contribution < 1.29 is 22.6 Å². The normalized spacial score (nSPS) is 17.5. The zero-order chi connectivity index (χ0) is 22.2. The van der Waals surface area contributed by atoms with Gasteiger partial charge in [-0.15, -0.1) is 13.2 Å². The molecule has 0 radical (unpaired) electrons. The molecule has 0 bridgehead atoms. The summed E-state index contributed by atoms with van der Waals surface area (Å²) in [7, 11) is 0. The maximum absolute atomic E-state index is 12.4. The number of halogens is 3. The molecular weight excluding hydrogens is 419 g/mol. The molecule has 1 saturated carbocycles. The Morgan fingerprint density at radius 1 is 0.938 bits per heavy atom. The summed E-state index contributed by atoms with van der Waals surface area (Å²) in [6.45, 7) is 2.31. The summed E-state index contributed by atoms with van der Waals surface area (Å²) in [5.41, 5.74) is 2.11. The first kappa shape index (κ1) is 20.6. The van der Waals surface area contributed by atoms with Gasteiger partial charge in [0.05, 0.1) is 6.67 Å². The first-order chi connectivity index (χ1) is 15.4. The van der Waals surface area contributed by atoms with Gasteiger partial charge in [-0.2, -0.15) is 0 Å². The third-order valence-electron chi connectivity index (χ3n) is 5.90. The van der Waals surface area contributed by atoms with E-state index in [9.17, 15) is 13.2 Å². The van der Waals surface area contributed by atoms with Crippen LogP contribution in [0.2, 0.25) is 0 Å². The van der Waals surface area contributed by atoms with Crippen molar-refractivity contribution in [3.05, 3.63) is 78.5 Å². The largest absolute Gasteiger partial charge is 0.573 e. The van der Waals surface area contributed by atoms with Crippen molar-refractivity contribution in [2.45, 2.75) is 31.3 Å². The van der Waals surface area contributed by atoms with Gasteiger partial charge in [0, 0.05) is 36.6 Å². The summed E-state index contributed by atoms with van der Waals surface area (Å²) in [4.78, 5) is 8.94. The summed E-state index contributed by atoms with van der Waals surface area (Å²) in [5.74, 6) is 1.08. The van der Waals surface area contributed by atoms with E-state index in [2.05, 4.69) is 19.5 Å². The molecule has 1 saturated heterocycles. The van der Waals surface area contributed by atoms with Crippen molar-refractivity contribution >= 4 is 5.69 Å². The summed E-state index contributed by atoms with van der Waals surface area (Å²) in [6, 6.07) is 19.6. The number of hydrogen-bond acceptors (Lipinski definition) is 5. The average Bonchev–Trinajstić information content (AvgIpc) is 3.45. The Morgan fingerprint density at radius 2 is 1.69 bits per heavy atom. The summed E-state index contributed by atoms with van der Waals surface area (Å²) in [5, 5.41) is 0. The minimum absolute atomic E-state index is 0.116. The molecule has 1 spiro atoms. The Bertz CT molecular complexity index is 1070. The molecule has 0 unspecified atom stereocenters. The quantitative estimate of drug-likeness (QED) is 0.499. The van der Waals surface area contributed by atoms with Crippen LogP contribution in [0, 0.1) is 0 Å². The van der Waals surface area contributed by atoms with Crippen LogP contribution in [0.4, 0.5) is 18.9 Å². The first-order valence-corrected chi connectivity index (χ1v) is 10.4. The van der Waals surface area contributed by atoms with Gasteiger partial charge in [-0.05, 0) is 60.9 Å². The van der Waals surface area contributed by atoms with Crippen LogP contribution in [0.3, 0.4) is 0 Å². The highest BCUT2D eigenvalue weighted by atomic mass is 19.4.